The van der Waals surface area contributed by atoms with Crippen LogP contribution < -0.4 is 15.4 Å². The molecule has 2 aromatic carbocycles. The van der Waals surface area contributed by atoms with E-state index in [1.165, 1.54) is 11.1 Å². The van der Waals surface area contributed by atoms with Crippen molar-refractivity contribution in [2.75, 3.05) is 27.3 Å². The zero-order valence-corrected chi connectivity index (χ0v) is 19.8. The highest BCUT2D eigenvalue weighted by Crippen LogP contribution is 2.33. The molecule has 0 aromatic heterocycles. The van der Waals surface area contributed by atoms with Crippen LogP contribution in [0.5, 0.6) is 5.75 Å². The van der Waals surface area contributed by atoms with Gasteiger partial charge in [0.25, 0.3) is 0 Å². The lowest BCUT2D eigenvalue weighted by atomic mass is 9.89. The molecule has 3 rings (SSSR count). The zero-order valence-electron chi connectivity index (χ0n) is 17.5. The van der Waals surface area contributed by atoms with E-state index in [1.807, 2.05) is 18.2 Å². The van der Waals surface area contributed by atoms with E-state index in [1.54, 1.807) is 14.2 Å². The van der Waals surface area contributed by atoms with Crippen molar-refractivity contribution in [3.63, 3.8) is 0 Å². The summed E-state index contributed by atoms with van der Waals surface area (Å²) in [5, 5.41) is 6.86. The average molecular weight is 509 g/mol. The third-order valence-electron chi connectivity index (χ3n) is 5.20. The highest BCUT2D eigenvalue weighted by Gasteiger charge is 2.27. The van der Waals surface area contributed by atoms with Gasteiger partial charge in [0.05, 0.1) is 13.2 Å². The molecule has 2 aromatic rings. The van der Waals surface area contributed by atoms with Gasteiger partial charge in [-0.05, 0) is 43.0 Å². The summed E-state index contributed by atoms with van der Waals surface area (Å²) >= 11 is 0. The SMILES string of the molecule is CN=C(NCc1cccc(OC)c1)NCC1CCCOC1c1ccc(C)cc1.I. The molecule has 0 saturated carbocycles. The molecular formula is C23H32IN3O2. The van der Waals surface area contributed by atoms with Crippen LogP contribution in [0, 0.1) is 12.8 Å². The minimum Gasteiger partial charge on any atom is -0.497 e. The van der Waals surface area contributed by atoms with Gasteiger partial charge in [-0.2, -0.15) is 0 Å². The molecule has 158 valence electrons. The molecule has 6 heteroatoms. The van der Waals surface area contributed by atoms with E-state index in [2.05, 4.69) is 52.9 Å². The van der Waals surface area contributed by atoms with Gasteiger partial charge in [0.1, 0.15) is 5.75 Å². The highest BCUT2D eigenvalue weighted by molar-refractivity contribution is 14.0. The van der Waals surface area contributed by atoms with Gasteiger partial charge >= 0.3 is 0 Å². The van der Waals surface area contributed by atoms with Crippen LogP contribution in [-0.4, -0.2) is 33.3 Å². The Labute approximate surface area is 191 Å². The summed E-state index contributed by atoms with van der Waals surface area (Å²) in [5.41, 5.74) is 3.69. The molecule has 29 heavy (non-hydrogen) atoms. The topological polar surface area (TPSA) is 54.9 Å². The maximum Gasteiger partial charge on any atom is 0.191 e. The smallest absolute Gasteiger partial charge is 0.191 e. The predicted molar refractivity (Wildman–Crippen MR) is 129 cm³/mol. The number of methoxy groups -OCH3 is 1. The normalized spacial score (nSPS) is 19.2. The number of hydrogen-bond donors (Lipinski definition) is 2. The number of hydrogen-bond acceptors (Lipinski definition) is 3. The summed E-state index contributed by atoms with van der Waals surface area (Å²) in [4.78, 5) is 4.36. The van der Waals surface area contributed by atoms with Crippen molar-refractivity contribution in [3.8, 4) is 5.75 Å². The molecule has 0 amide bonds. The van der Waals surface area contributed by atoms with Gasteiger partial charge in [-0.25, -0.2) is 0 Å². The first-order valence-electron chi connectivity index (χ1n) is 9.95. The molecule has 0 aliphatic carbocycles. The first-order valence-corrected chi connectivity index (χ1v) is 9.95. The molecule has 2 N–H and O–H groups in total. The second-order valence-electron chi connectivity index (χ2n) is 7.26. The van der Waals surface area contributed by atoms with Crippen LogP contribution in [0.3, 0.4) is 0 Å². The number of guanidine groups is 1. The number of rotatable bonds is 6. The van der Waals surface area contributed by atoms with Gasteiger partial charge in [-0.15, -0.1) is 24.0 Å². The predicted octanol–water partition coefficient (Wildman–Crippen LogP) is 4.45. The van der Waals surface area contributed by atoms with E-state index in [4.69, 9.17) is 9.47 Å². The Morgan fingerprint density at radius 2 is 1.97 bits per heavy atom. The maximum atomic E-state index is 6.12. The number of ether oxygens (including phenoxy) is 2. The number of halogens is 1. The Kier molecular flexibility index (Phi) is 9.73. The number of aryl methyl sites for hydroxylation is 1. The monoisotopic (exact) mass is 509 g/mol. The first-order chi connectivity index (χ1) is 13.7. The number of aliphatic imine (C=N–C) groups is 1. The van der Waals surface area contributed by atoms with E-state index < -0.39 is 0 Å². The molecule has 0 radical (unpaired) electrons. The Morgan fingerprint density at radius 3 is 2.69 bits per heavy atom. The lowest BCUT2D eigenvalue weighted by Crippen LogP contribution is -2.41. The van der Waals surface area contributed by atoms with Gasteiger partial charge in [-0.1, -0.05) is 42.0 Å². The van der Waals surface area contributed by atoms with Crippen LogP contribution in [0.25, 0.3) is 0 Å². The fourth-order valence-electron chi connectivity index (χ4n) is 3.59. The minimum atomic E-state index is 0. The molecule has 1 aliphatic heterocycles. The van der Waals surface area contributed by atoms with E-state index in [9.17, 15) is 0 Å². The fourth-order valence-corrected chi connectivity index (χ4v) is 3.59. The lowest BCUT2D eigenvalue weighted by Gasteiger charge is -2.32. The second-order valence-corrected chi connectivity index (χ2v) is 7.26. The number of nitrogens with one attached hydrogen (secondary N) is 2. The molecule has 1 saturated heterocycles. The quantitative estimate of drug-likeness (QED) is 0.343. The summed E-state index contributed by atoms with van der Waals surface area (Å²) < 4.78 is 11.4. The molecule has 1 aliphatic rings. The summed E-state index contributed by atoms with van der Waals surface area (Å²) in [6.07, 6.45) is 2.39. The van der Waals surface area contributed by atoms with Crippen molar-refractivity contribution in [3.05, 3.63) is 65.2 Å². The molecule has 1 heterocycles. The number of nitrogens with zero attached hydrogens (tertiary/aromatic N) is 1. The molecule has 0 spiro atoms. The number of benzene rings is 2. The third-order valence-corrected chi connectivity index (χ3v) is 5.20. The van der Waals surface area contributed by atoms with Crippen LogP contribution in [0.15, 0.2) is 53.5 Å². The first kappa shape index (κ1) is 23.5. The lowest BCUT2D eigenvalue weighted by molar-refractivity contribution is -0.0265. The Balaban J connectivity index is 0.00000300. The summed E-state index contributed by atoms with van der Waals surface area (Å²) in [7, 11) is 3.49. The zero-order chi connectivity index (χ0) is 19.8. The molecule has 0 bridgehead atoms. The van der Waals surface area contributed by atoms with Gasteiger partial charge in [0.15, 0.2) is 5.96 Å². The average Bonchev–Trinajstić information content (AvgIpc) is 2.75. The van der Waals surface area contributed by atoms with Crippen molar-refractivity contribution in [2.45, 2.75) is 32.4 Å². The van der Waals surface area contributed by atoms with E-state index in [-0.39, 0.29) is 30.1 Å². The Morgan fingerprint density at radius 1 is 1.17 bits per heavy atom. The summed E-state index contributed by atoms with van der Waals surface area (Å²) in [6.45, 7) is 4.47. The molecule has 2 atom stereocenters. The van der Waals surface area contributed by atoms with Crippen molar-refractivity contribution < 1.29 is 9.47 Å². The van der Waals surface area contributed by atoms with Crippen LogP contribution in [0.1, 0.15) is 35.6 Å². The van der Waals surface area contributed by atoms with Crippen LogP contribution in [0.2, 0.25) is 0 Å². The second kappa shape index (κ2) is 12.0. The van der Waals surface area contributed by atoms with Gasteiger partial charge < -0.3 is 20.1 Å². The van der Waals surface area contributed by atoms with E-state index in [0.717, 1.165) is 43.3 Å². The Bertz CT molecular complexity index is 780. The van der Waals surface area contributed by atoms with Crippen molar-refractivity contribution >= 4 is 29.9 Å². The largest absolute Gasteiger partial charge is 0.497 e. The molecular weight excluding hydrogens is 477 g/mol. The van der Waals surface area contributed by atoms with Gasteiger partial charge in [0, 0.05) is 32.7 Å². The van der Waals surface area contributed by atoms with Gasteiger partial charge in [-0.3, -0.25) is 4.99 Å². The van der Waals surface area contributed by atoms with Crippen LogP contribution >= 0.6 is 24.0 Å². The van der Waals surface area contributed by atoms with Crippen molar-refractivity contribution in [2.24, 2.45) is 10.9 Å². The standard InChI is InChI=1S/C23H31N3O2.HI/c1-17-9-11-19(12-10-17)22-20(7-5-13-28-22)16-26-23(24-2)25-15-18-6-4-8-21(14-18)27-3;/h4,6,8-12,14,20,22H,5,7,13,15-16H2,1-3H3,(H2,24,25,26);1H. The summed E-state index contributed by atoms with van der Waals surface area (Å²) in [5.74, 6) is 2.09. The van der Waals surface area contributed by atoms with Crippen molar-refractivity contribution in [1.29, 1.82) is 0 Å². The van der Waals surface area contributed by atoms with Crippen LogP contribution in [-0.2, 0) is 11.3 Å². The highest BCUT2D eigenvalue weighted by atomic mass is 127. The van der Waals surface area contributed by atoms with Crippen LogP contribution in [0.4, 0.5) is 0 Å². The van der Waals surface area contributed by atoms with E-state index >= 15 is 0 Å². The third kappa shape index (κ3) is 6.89. The minimum absolute atomic E-state index is 0. The molecule has 5 nitrogen and oxygen atoms in total. The molecule has 1 fully saturated rings. The van der Waals surface area contributed by atoms with E-state index in [0.29, 0.717) is 12.5 Å². The maximum absolute atomic E-state index is 6.12. The fraction of sp³-hybridized carbons (Fsp3) is 0.435. The molecule has 2 unspecified atom stereocenters. The van der Waals surface area contributed by atoms with Gasteiger partial charge in [0.2, 0.25) is 0 Å². The summed E-state index contributed by atoms with van der Waals surface area (Å²) in [6, 6.07) is 16.7. The van der Waals surface area contributed by atoms with Crippen molar-refractivity contribution in [1.82, 2.24) is 10.6 Å². The Hall–Kier alpha value is -1.80.